The zero-order valence-electron chi connectivity index (χ0n) is 10.6. The highest BCUT2D eigenvalue weighted by Gasteiger charge is 2.12. The van der Waals surface area contributed by atoms with Crippen LogP contribution < -0.4 is 5.32 Å². The number of aliphatic hydroxyl groups is 1. The molecular weight excluding hydrogens is 246 g/mol. The Bertz CT molecular complexity index is 434. The van der Waals surface area contributed by atoms with Gasteiger partial charge in [-0.15, -0.1) is 11.8 Å². The minimum Gasteiger partial charge on any atom is -0.395 e. The molecule has 1 atom stereocenters. The summed E-state index contributed by atoms with van der Waals surface area (Å²) in [5.41, 5.74) is 3.67. The Morgan fingerprint density at radius 3 is 3.00 bits per heavy atom. The SMILES string of the molecule is CC(CO)SCC(=O)Nc1ccc2c(c1)CCC2. The van der Waals surface area contributed by atoms with Crippen LogP contribution in [0.15, 0.2) is 18.2 Å². The van der Waals surface area contributed by atoms with Crippen molar-refractivity contribution in [1.82, 2.24) is 0 Å². The molecule has 98 valence electrons. The predicted molar refractivity (Wildman–Crippen MR) is 76.1 cm³/mol. The van der Waals surface area contributed by atoms with Crippen LogP contribution in [-0.2, 0) is 17.6 Å². The van der Waals surface area contributed by atoms with Gasteiger partial charge in [-0.3, -0.25) is 4.79 Å². The average Bonchev–Trinajstić information content (AvgIpc) is 2.83. The number of carbonyl (C=O) groups is 1. The number of carbonyl (C=O) groups excluding carboxylic acids is 1. The third-order valence-corrected chi connectivity index (χ3v) is 4.29. The predicted octanol–water partition coefficient (Wildman–Crippen LogP) is 2.23. The van der Waals surface area contributed by atoms with Gasteiger partial charge < -0.3 is 10.4 Å². The van der Waals surface area contributed by atoms with Gasteiger partial charge in [-0.2, -0.15) is 0 Å². The average molecular weight is 265 g/mol. The number of aliphatic hydroxyl groups excluding tert-OH is 1. The number of hydrogen-bond acceptors (Lipinski definition) is 3. The summed E-state index contributed by atoms with van der Waals surface area (Å²) >= 11 is 1.47. The van der Waals surface area contributed by atoms with E-state index in [1.54, 1.807) is 0 Å². The monoisotopic (exact) mass is 265 g/mol. The lowest BCUT2D eigenvalue weighted by Gasteiger charge is -2.09. The van der Waals surface area contributed by atoms with Crippen LogP contribution >= 0.6 is 11.8 Å². The lowest BCUT2D eigenvalue weighted by molar-refractivity contribution is -0.113. The van der Waals surface area contributed by atoms with E-state index in [4.69, 9.17) is 5.11 Å². The molecule has 3 nitrogen and oxygen atoms in total. The number of nitrogens with one attached hydrogen (secondary N) is 1. The summed E-state index contributed by atoms with van der Waals surface area (Å²) in [6, 6.07) is 6.17. The minimum atomic E-state index is -0.00162. The van der Waals surface area contributed by atoms with Gasteiger partial charge in [-0.05, 0) is 42.5 Å². The van der Waals surface area contributed by atoms with Crippen molar-refractivity contribution in [2.45, 2.75) is 31.4 Å². The highest BCUT2D eigenvalue weighted by molar-refractivity contribution is 8.00. The van der Waals surface area contributed by atoms with Crippen molar-refractivity contribution in [3.05, 3.63) is 29.3 Å². The van der Waals surface area contributed by atoms with Crippen molar-refractivity contribution in [3.63, 3.8) is 0 Å². The van der Waals surface area contributed by atoms with Crippen LogP contribution in [0.5, 0.6) is 0 Å². The van der Waals surface area contributed by atoms with Gasteiger partial charge in [0.1, 0.15) is 0 Å². The van der Waals surface area contributed by atoms with E-state index < -0.39 is 0 Å². The number of benzene rings is 1. The molecule has 0 saturated heterocycles. The molecule has 1 aliphatic rings. The highest BCUT2D eigenvalue weighted by atomic mass is 32.2. The first-order valence-corrected chi connectivity index (χ1v) is 7.38. The van der Waals surface area contributed by atoms with Gasteiger partial charge in [-0.25, -0.2) is 0 Å². The topological polar surface area (TPSA) is 49.3 Å². The minimum absolute atomic E-state index is 0.00162. The number of thioether (sulfide) groups is 1. The third-order valence-electron chi connectivity index (χ3n) is 3.14. The first-order valence-electron chi connectivity index (χ1n) is 6.33. The van der Waals surface area contributed by atoms with Gasteiger partial charge in [-0.1, -0.05) is 13.0 Å². The largest absolute Gasteiger partial charge is 0.395 e. The molecule has 1 unspecified atom stereocenters. The summed E-state index contributed by atoms with van der Waals surface area (Å²) in [5, 5.41) is 11.9. The van der Waals surface area contributed by atoms with E-state index in [-0.39, 0.29) is 17.8 Å². The number of hydrogen-bond donors (Lipinski definition) is 2. The van der Waals surface area contributed by atoms with E-state index in [0.717, 1.165) is 18.5 Å². The number of aryl methyl sites for hydroxylation is 2. The molecule has 0 bridgehead atoms. The van der Waals surface area contributed by atoms with Gasteiger partial charge in [0.25, 0.3) is 0 Å². The van der Waals surface area contributed by atoms with Crippen molar-refractivity contribution in [3.8, 4) is 0 Å². The molecule has 1 aromatic rings. The van der Waals surface area contributed by atoms with Crippen LogP contribution in [0.25, 0.3) is 0 Å². The number of anilines is 1. The molecule has 2 N–H and O–H groups in total. The van der Waals surface area contributed by atoms with Gasteiger partial charge in [0.2, 0.25) is 5.91 Å². The number of rotatable bonds is 5. The van der Waals surface area contributed by atoms with E-state index in [1.807, 2.05) is 13.0 Å². The zero-order valence-corrected chi connectivity index (χ0v) is 11.4. The Hall–Kier alpha value is -1.00. The van der Waals surface area contributed by atoms with Gasteiger partial charge in [0, 0.05) is 10.9 Å². The number of amides is 1. The van der Waals surface area contributed by atoms with Crippen molar-refractivity contribution >= 4 is 23.4 Å². The molecule has 2 rings (SSSR count). The first kappa shape index (κ1) is 13.4. The van der Waals surface area contributed by atoms with Crippen LogP contribution in [0.2, 0.25) is 0 Å². The Morgan fingerprint density at radius 1 is 1.44 bits per heavy atom. The molecule has 18 heavy (non-hydrogen) atoms. The van der Waals surface area contributed by atoms with E-state index in [9.17, 15) is 4.79 Å². The quantitative estimate of drug-likeness (QED) is 0.858. The maximum absolute atomic E-state index is 11.7. The molecule has 0 radical (unpaired) electrons. The smallest absolute Gasteiger partial charge is 0.234 e. The van der Waals surface area contributed by atoms with Crippen LogP contribution in [-0.4, -0.2) is 28.6 Å². The van der Waals surface area contributed by atoms with E-state index >= 15 is 0 Å². The molecule has 1 aliphatic carbocycles. The van der Waals surface area contributed by atoms with E-state index in [1.165, 1.54) is 29.3 Å². The van der Waals surface area contributed by atoms with Gasteiger partial charge in [0.15, 0.2) is 0 Å². The molecule has 0 spiro atoms. The maximum atomic E-state index is 11.7. The second-order valence-corrected chi connectivity index (χ2v) is 6.12. The first-order chi connectivity index (χ1) is 8.69. The van der Waals surface area contributed by atoms with Crippen molar-refractivity contribution in [2.24, 2.45) is 0 Å². The highest BCUT2D eigenvalue weighted by Crippen LogP contribution is 2.25. The second kappa shape index (κ2) is 6.25. The summed E-state index contributed by atoms with van der Waals surface area (Å²) in [6.45, 7) is 2.02. The molecule has 0 saturated carbocycles. The Labute approximate surface area is 112 Å². The molecule has 0 heterocycles. The van der Waals surface area contributed by atoms with E-state index in [0.29, 0.717) is 5.75 Å². The molecular formula is C14H19NO2S. The number of fused-ring (bicyclic) bond motifs is 1. The fraction of sp³-hybridized carbons (Fsp3) is 0.500. The zero-order chi connectivity index (χ0) is 13.0. The summed E-state index contributed by atoms with van der Waals surface area (Å²) in [4.78, 5) is 11.7. The standard InChI is InChI=1S/C14H19NO2S/c1-10(8-16)18-9-14(17)15-13-6-5-11-3-2-4-12(11)7-13/h5-7,10,16H,2-4,8-9H2,1H3,(H,15,17). The molecule has 4 heteroatoms. The molecule has 1 aromatic carbocycles. The van der Waals surface area contributed by atoms with Crippen molar-refractivity contribution < 1.29 is 9.90 Å². The molecule has 0 fully saturated rings. The second-order valence-electron chi connectivity index (χ2n) is 4.69. The van der Waals surface area contributed by atoms with Crippen LogP contribution in [0, 0.1) is 0 Å². The molecule has 0 aliphatic heterocycles. The van der Waals surface area contributed by atoms with Crippen LogP contribution in [0.4, 0.5) is 5.69 Å². The summed E-state index contributed by atoms with van der Waals surface area (Å²) < 4.78 is 0. The van der Waals surface area contributed by atoms with Crippen LogP contribution in [0.3, 0.4) is 0 Å². The maximum Gasteiger partial charge on any atom is 0.234 e. The third kappa shape index (κ3) is 3.50. The van der Waals surface area contributed by atoms with Crippen molar-refractivity contribution in [1.29, 1.82) is 0 Å². The van der Waals surface area contributed by atoms with E-state index in [2.05, 4.69) is 17.4 Å². The fourth-order valence-corrected chi connectivity index (χ4v) is 2.73. The Balaban J connectivity index is 1.87. The lowest BCUT2D eigenvalue weighted by atomic mass is 10.1. The van der Waals surface area contributed by atoms with Crippen molar-refractivity contribution in [2.75, 3.05) is 17.7 Å². The summed E-state index contributed by atoms with van der Waals surface area (Å²) in [6.07, 6.45) is 3.50. The Kier molecular flexibility index (Phi) is 4.66. The summed E-state index contributed by atoms with van der Waals surface area (Å²) in [5.74, 6) is 0.386. The normalized spacial score (nSPS) is 15.2. The molecule has 0 aromatic heterocycles. The lowest BCUT2D eigenvalue weighted by Crippen LogP contribution is -2.16. The van der Waals surface area contributed by atoms with Gasteiger partial charge in [0.05, 0.1) is 12.4 Å². The Morgan fingerprint density at radius 2 is 2.22 bits per heavy atom. The van der Waals surface area contributed by atoms with Gasteiger partial charge >= 0.3 is 0 Å². The van der Waals surface area contributed by atoms with Crippen LogP contribution in [0.1, 0.15) is 24.5 Å². The fourth-order valence-electron chi connectivity index (χ4n) is 2.12. The molecule has 1 amide bonds. The summed E-state index contributed by atoms with van der Waals surface area (Å²) in [7, 11) is 0.